The van der Waals surface area contributed by atoms with E-state index in [1.165, 1.54) is 0 Å². The lowest BCUT2D eigenvalue weighted by Crippen LogP contribution is -2.46. The van der Waals surface area contributed by atoms with Crippen LogP contribution in [0.15, 0.2) is 0 Å². The zero-order valence-electron chi connectivity index (χ0n) is 6.09. The molecule has 0 aromatic rings. The molecule has 0 saturated heterocycles. The van der Waals surface area contributed by atoms with Crippen LogP contribution in [0.1, 0.15) is 26.7 Å². The van der Waals surface area contributed by atoms with Gasteiger partial charge in [0.1, 0.15) is 0 Å². The minimum Gasteiger partial charge on any atom is -0.390 e. The van der Waals surface area contributed by atoms with Gasteiger partial charge in [-0.15, -0.1) is 0 Å². The van der Waals surface area contributed by atoms with Crippen LogP contribution in [0.25, 0.3) is 0 Å². The summed E-state index contributed by atoms with van der Waals surface area (Å²) in [7, 11) is 0. The van der Waals surface area contributed by atoms with E-state index in [1.54, 1.807) is 0 Å². The number of aliphatic hydroxyl groups is 1. The first kappa shape index (κ1) is 7.03. The average molecular weight is 129 g/mol. The van der Waals surface area contributed by atoms with Gasteiger partial charge < -0.3 is 10.8 Å². The van der Waals surface area contributed by atoms with Crippen LogP contribution in [0.3, 0.4) is 0 Å². The normalized spacial score (nSPS) is 36.0. The number of rotatable bonds is 1. The van der Waals surface area contributed by atoms with Gasteiger partial charge in [0.15, 0.2) is 0 Å². The Morgan fingerprint density at radius 2 is 1.89 bits per heavy atom. The van der Waals surface area contributed by atoms with Crippen LogP contribution in [0.5, 0.6) is 0 Å². The van der Waals surface area contributed by atoms with Gasteiger partial charge in [-0.1, -0.05) is 0 Å². The molecule has 0 aliphatic heterocycles. The predicted octanol–water partition coefficient (Wildman–Crippen LogP) is 0.495. The highest BCUT2D eigenvalue weighted by atomic mass is 16.3. The van der Waals surface area contributed by atoms with Gasteiger partial charge in [0.05, 0.1) is 5.60 Å². The minimum atomic E-state index is -0.504. The maximum absolute atomic E-state index is 9.40. The average Bonchev–Trinajstić information content (AvgIpc) is 1.55. The van der Waals surface area contributed by atoms with E-state index in [0.717, 1.165) is 12.8 Å². The molecule has 0 amide bonds. The zero-order chi connectivity index (χ0) is 7.07. The molecular weight excluding hydrogens is 114 g/mol. The Hall–Kier alpha value is -0.0800. The summed E-state index contributed by atoms with van der Waals surface area (Å²) >= 11 is 0. The van der Waals surface area contributed by atoms with E-state index >= 15 is 0 Å². The van der Waals surface area contributed by atoms with Gasteiger partial charge in [-0.3, -0.25) is 0 Å². The van der Waals surface area contributed by atoms with Crippen LogP contribution >= 0.6 is 0 Å². The molecule has 2 heteroatoms. The predicted molar refractivity (Wildman–Crippen MR) is 37.0 cm³/mol. The monoisotopic (exact) mass is 129 g/mol. The van der Waals surface area contributed by atoms with E-state index in [4.69, 9.17) is 5.73 Å². The van der Waals surface area contributed by atoms with Crippen molar-refractivity contribution in [2.45, 2.75) is 38.3 Å². The Morgan fingerprint density at radius 1 is 1.44 bits per heavy atom. The van der Waals surface area contributed by atoms with Crippen molar-refractivity contribution in [2.75, 3.05) is 0 Å². The van der Waals surface area contributed by atoms with Gasteiger partial charge in [0, 0.05) is 6.04 Å². The summed E-state index contributed by atoms with van der Waals surface area (Å²) in [6.45, 7) is 3.70. The molecule has 2 nitrogen and oxygen atoms in total. The van der Waals surface area contributed by atoms with Crippen molar-refractivity contribution in [3.8, 4) is 0 Å². The molecule has 0 unspecified atom stereocenters. The third kappa shape index (κ3) is 1.43. The Morgan fingerprint density at radius 3 is 2.00 bits per heavy atom. The lowest BCUT2D eigenvalue weighted by atomic mass is 9.72. The Bertz CT molecular complexity index is 100.0. The highest BCUT2D eigenvalue weighted by molar-refractivity contribution is 4.91. The quantitative estimate of drug-likeness (QED) is 0.541. The lowest BCUT2D eigenvalue weighted by molar-refractivity contribution is -0.0259. The second-order valence-electron chi connectivity index (χ2n) is 3.58. The van der Waals surface area contributed by atoms with Crippen molar-refractivity contribution in [1.82, 2.24) is 0 Å². The molecule has 0 atom stereocenters. The fourth-order valence-electron chi connectivity index (χ4n) is 1.24. The molecule has 0 radical (unpaired) electrons. The van der Waals surface area contributed by atoms with E-state index in [9.17, 15) is 5.11 Å². The molecule has 3 N–H and O–H groups in total. The van der Waals surface area contributed by atoms with E-state index in [0.29, 0.717) is 12.0 Å². The first-order chi connectivity index (χ1) is 4.00. The first-order valence-corrected chi connectivity index (χ1v) is 3.48. The number of hydrogen-bond donors (Lipinski definition) is 2. The standard InChI is InChI=1S/C7H15NO/c1-7(2,9)5-3-6(8)4-5/h5-6,9H,3-4,8H2,1-2H3/t5-,6-. The van der Waals surface area contributed by atoms with Gasteiger partial charge >= 0.3 is 0 Å². The molecule has 1 aliphatic rings. The summed E-state index contributed by atoms with van der Waals surface area (Å²) < 4.78 is 0. The maximum Gasteiger partial charge on any atom is 0.0620 e. The summed E-state index contributed by atoms with van der Waals surface area (Å²) in [5.41, 5.74) is 5.05. The zero-order valence-corrected chi connectivity index (χ0v) is 6.09. The van der Waals surface area contributed by atoms with E-state index in [2.05, 4.69) is 0 Å². The molecule has 54 valence electrons. The molecule has 0 spiro atoms. The Kier molecular flexibility index (Phi) is 1.53. The summed E-state index contributed by atoms with van der Waals surface area (Å²) in [6, 6.07) is 0.349. The molecule has 9 heavy (non-hydrogen) atoms. The smallest absolute Gasteiger partial charge is 0.0620 e. The van der Waals surface area contributed by atoms with Crippen molar-refractivity contribution in [3.63, 3.8) is 0 Å². The van der Waals surface area contributed by atoms with E-state index in [1.807, 2.05) is 13.8 Å². The third-order valence-electron chi connectivity index (χ3n) is 2.17. The molecule has 1 rings (SSSR count). The summed E-state index contributed by atoms with van der Waals surface area (Å²) in [5, 5.41) is 9.40. The summed E-state index contributed by atoms with van der Waals surface area (Å²) in [5.74, 6) is 0.437. The topological polar surface area (TPSA) is 46.2 Å². The summed E-state index contributed by atoms with van der Waals surface area (Å²) in [4.78, 5) is 0. The van der Waals surface area contributed by atoms with Gasteiger partial charge in [-0.25, -0.2) is 0 Å². The molecule has 0 bridgehead atoms. The van der Waals surface area contributed by atoms with E-state index < -0.39 is 5.60 Å². The molecule has 0 heterocycles. The van der Waals surface area contributed by atoms with Crippen LogP contribution in [0.4, 0.5) is 0 Å². The van der Waals surface area contributed by atoms with Crippen LogP contribution in [-0.4, -0.2) is 16.7 Å². The molecular formula is C7H15NO. The SMILES string of the molecule is CC(C)(O)[C@H]1C[C@H](N)C1. The van der Waals surface area contributed by atoms with Crippen molar-refractivity contribution in [3.05, 3.63) is 0 Å². The molecule has 1 saturated carbocycles. The van der Waals surface area contributed by atoms with Crippen molar-refractivity contribution in [1.29, 1.82) is 0 Å². The largest absolute Gasteiger partial charge is 0.390 e. The van der Waals surface area contributed by atoms with E-state index in [-0.39, 0.29) is 0 Å². The van der Waals surface area contributed by atoms with Crippen LogP contribution in [-0.2, 0) is 0 Å². The molecule has 1 fully saturated rings. The lowest BCUT2D eigenvalue weighted by Gasteiger charge is -2.40. The fraction of sp³-hybridized carbons (Fsp3) is 1.00. The van der Waals surface area contributed by atoms with Crippen LogP contribution in [0.2, 0.25) is 0 Å². The highest BCUT2D eigenvalue weighted by Gasteiger charge is 2.36. The second kappa shape index (κ2) is 1.96. The van der Waals surface area contributed by atoms with Crippen molar-refractivity contribution in [2.24, 2.45) is 11.7 Å². The second-order valence-corrected chi connectivity index (χ2v) is 3.58. The molecule has 0 aromatic heterocycles. The Labute approximate surface area is 56.1 Å². The van der Waals surface area contributed by atoms with Crippen LogP contribution in [0, 0.1) is 5.92 Å². The van der Waals surface area contributed by atoms with Crippen LogP contribution < -0.4 is 5.73 Å². The number of nitrogens with two attached hydrogens (primary N) is 1. The third-order valence-corrected chi connectivity index (χ3v) is 2.17. The first-order valence-electron chi connectivity index (χ1n) is 3.48. The van der Waals surface area contributed by atoms with Gasteiger partial charge in [0.2, 0.25) is 0 Å². The number of hydrogen-bond acceptors (Lipinski definition) is 2. The van der Waals surface area contributed by atoms with Crippen molar-refractivity contribution < 1.29 is 5.11 Å². The molecule has 0 aromatic carbocycles. The van der Waals surface area contributed by atoms with Gasteiger partial charge in [-0.2, -0.15) is 0 Å². The molecule has 1 aliphatic carbocycles. The van der Waals surface area contributed by atoms with Gasteiger partial charge in [-0.05, 0) is 32.6 Å². The Balaban J connectivity index is 2.32. The van der Waals surface area contributed by atoms with Gasteiger partial charge in [0.25, 0.3) is 0 Å². The summed E-state index contributed by atoms with van der Waals surface area (Å²) in [6.07, 6.45) is 1.98. The fourth-order valence-corrected chi connectivity index (χ4v) is 1.24. The highest BCUT2D eigenvalue weighted by Crippen LogP contribution is 2.34. The maximum atomic E-state index is 9.40. The minimum absolute atomic E-state index is 0.349. The van der Waals surface area contributed by atoms with Crippen molar-refractivity contribution >= 4 is 0 Å².